The van der Waals surface area contributed by atoms with E-state index in [1.54, 1.807) is 33.8 Å². The number of fused-ring (bicyclic) bond motifs is 1. The zero-order valence-electron chi connectivity index (χ0n) is 26.8. The molecule has 0 bridgehead atoms. The fourth-order valence-electron chi connectivity index (χ4n) is 5.67. The molecular weight excluding hydrogens is 673 g/mol. The topological polar surface area (TPSA) is 121 Å². The Morgan fingerprint density at radius 2 is 1.76 bits per heavy atom. The molecule has 1 aliphatic rings. The van der Waals surface area contributed by atoms with E-state index in [9.17, 15) is 18.8 Å². The smallest absolute Gasteiger partial charge is 0.410 e. The minimum Gasteiger partial charge on any atom is -0.444 e. The van der Waals surface area contributed by atoms with Crippen LogP contribution in [0, 0.1) is 23.0 Å². The molecule has 0 spiro atoms. The summed E-state index contributed by atoms with van der Waals surface area (Å²) in [6.45, 7) is 6.55. The quantitative estimate of drug-likeness (QED) is 0.172. The van der Waals surface area contributed by atoms with E-state index in [2.05, 4.69) is 32.0 Å². The lowest BCUT2D eigenvalue weighted by Gasteiger charge is -2.33. The number of likely N-dealkylation sites (tertiary alicyclic amines) is 1. The number of aromatic nitrogens is 4. The van der Waals surface area contributed by atoms with E-state index in [0.29, 0.717) is 70.2 Å². The van der Waals surface area contributed by atoms with Crippen LogP contribution >= 0.6 is 23.2 Å². The van der Waals surface area contributed by atoms with Gasteiger partial charge in [0.05, 0.1) is 45.1 Å². The van der Waals surface area contributed by atoms with Gasteiger partial charge in [-0.2, -0.15) is 5.26 Å². The molecule has 1 saturated heterocycles. The lowest BCUT2D eigenvalue weighted by atomic mass is 10.0. The summed E-state index contributed by atoms with van der Waals surface area (Å²) in [4.78, 5) is 18.7. The molecule has 1 amide bonds. The zero-order valence-corrected chi connectivity index (χ0v) is 28.4. The van der Waals surface area contributed by atoms with E-state index in [1.165, 1.54) is 36.5 Å². The zero-order chi connectivity index (χ0) is 34.9. The molecule has 1 fully saturated rings. The molecule has 0 unspecified atom stereocenters. The molecule has 10 nitrogen and oxygen atoms in total. The van der Waals surface area contributed by atoms with Crippen molar-refractivity contribution in [3.05, 3.63) is 105 Å². The first-order valence-corrected chi connectivity index (χ1v) is 16.3. The molecule has 1 atom stereocenters. The number of nitriles is 1. The number of rotatable bonds is 7. The fraction of sp³-hybridized carbons (Fsp3) is 0.286. The number of halogens is 4. The van der Waals surface area contributed by atoms with Gasteiger partial charge in [0, 0.05) is 36.0 Å². The van der Waals surface area contributed by atoms with E-state index in [0.717, 1.165) is 0 Å². The summed E-state index contributed by atoms with van der Waals surface area (Å²) < 4.78 is 35.2. The van der Waals surface area contributed by atoms with Crippen molar-refractivity contribution < 1.29 is 18.3 Å². The first-order chi connectivity index (χ1) is 23.4. The third-order valence-electron chi connectivity index (χ3n) is 8.06. The average molecular weight is 706 g/mol. The monoisotopic (exact) mass is 704 g/mol. The predicted molar refractivity (Wildman–Crippen MR) is 184 cm³/mol. The number of nitrogens with zero attached hydrogens (tertiary/aromatic N) is 6. The van der Waals surface area contributed by atoms with Crippen molar-refractivity contribution in [1.29, 1.82) is 5.26 Å². The SMILES string of the molecule is CC(C)(C)OC(=O)N1CCC(n2cc([C@@H](Nc3cc(Cl)c4ncc(C#N)c(Nc5ccc(F)c(Cl)c5)c4c3)c3ccc(F)cc3)nn2)CC1. The molecule has 6 rings (SSSR count). The fourth-order valence-corrected chi connectivity index (χ4v) is 6.12. The Kier molecular flexibility index (Phi) is 9.59. The van der Waals surface area contributed by atoms with E-state index >= 15 is 0 Å². The number of hydrogen-bond donors (Lipinski definition) is 2. The van der Waals surface area contributed by atoms with Crippen LogP contribution in [0.4, 0.5) is 30.6 Å². The second kappa shape index (κ2) is 13.9. The summed E-state index contributed by atoms with van der Waals surface area (Å²) in [5, 5.41) is 26.2. The van der Waals surface area contributed by atoms with Gasteiger partial charge in [-0.15, -0.1) is 5.10 Å². The first-order valence-electron chi connectivity index (χ1n) is 15.5. The first kappa shape index (κ1) is 33.9. The van der Waals surface area contributed by atoms with Crippen LogP contribution in [0.15, 0.2) is 67.0 Å². The number of pyridine rings is 1. The van der Waals surface area contributed by atoms with Crippen LogP contribution in [-0.2, 0) is 4.74 Å². The normalized spacial score (nSPS) is 14.4. The van der Waals surface area contributed by atoms with Crippen LogP contribution in [0.25, 0.3) is 10.9 Å². The van der Waals surface area contributed by atoms with E-state index in [1.807, 2.05) is 27.0 Å². The van der Waals surface area contributed by atoms with Gasteiger partial charge in [0.25, 0.3) is 0 Å². The second-order valence-electron chi connectivity index (χ2n) is 12.7. The van der Waals surface area contributed by atoms with E-state index in [4.69, 9.17) is 27.9 Å². The Balaban J connectivity index is 1.31. The molecular formula is C35H32Cl2F2N8O2. The minimum absolute atomic E-state index is 0.00740. The maximum atomic E-state index is 14.0. The number of piperidine rings is 1. The number of nitrogens with one attached hydrogen (secondary N) is 2. The number of anilines is 3. The minimum atomic E-state index is -0.579. The van der Waals surface area contributed by atoms with Crippen molar-refractivity contribution in [3.8, 4) is 6.07 Å². The summed E-state index contributed by atoms with van der Waals surface area (Å²) in [7, 11) is 0. The van der Waals surface area contributed by atoms with Gasteiger partial charge in [-0.25, -0.2) is 18.3 Å². The second-order valence-corrected chi connectivity index (χ2v) is 13.5. The lowest BCUT2D eigenvalue weighted by Crippen LogP contribution is -2.42. The van der Waals surface area contributed by atoms with Gasteiger partial charge in [0.15, 0.2) is 0 Å². The van der Waals surface area contributed by atoms with Crippen LogP contribution < -0.4 is 10.6 Å². The van der Waals surface area contributed by atoms with Gasteiger partial charge < -0.3 is 20.3 Å². The van der Waals surface area contributed by atoms with Gasteiger partial charge >= 0.3 is 6.09 Å². The maximum absolute atomic E-state index is 14.0. The molecule has 0 radical (unpaired) electrons. The molecule has 3 heterocycles. The molecule has 252 valence electrons. The Morgan fingerprint density at radius 1 is 1.04 bits per heavy atom. The highest BCUT2D eigenvalue weighted by atomic mass is 35.5. The van der Waals surface area contributed by atoms with Crippen LogP contribution in [0.5, 0.6) is 0 Å². The van der Waals surface area contributed by atoms with Gasteiger partial charge in [0.1, 0.15) is 29.0 Å². The highest BCUT2D eigenvalue weighted by Crippen LogP contribution is 2.37. The molecule has 5 aromatic rings. The van der Waals surface area contributed by atoms with Crippen molar-refractivity contribution in [3.63, 3.8) is 0 Å². The number of benzene rings is 3. The van der Waals surface area contributed by atoms with Crippen LogP contribution in [0.1, 0.15) is 62.5 Å². The molecule has 49 heavy (non-hydrogen) atoms. The predicted octanol–water partition coefficient (Wildman–Crippen LogP) is 8.80. The van der Waals surface area contributed by atoms with Crippen molar-refractivity contribution in [2.45, 2.75) is 51.3 Å². The molecule has 1 aliphatic heterocycles. The number of carbonyl (C=O) groups is 1. The number of ether oxygens (including phenoxy) is 1. The Bertz CT molecular complexity index is 2050. The Hall–Kier alpha value is -4.99. The average Bonchev–Trinajstić information content (AvgIpc) is 3.55. The molecule has 14 heteroatoms. The third kappa shape index (κ3) is 7.69. The Labute approximate surface area is 291 Å². The maximum Gasteiger partial charge on any atom is 0.410 e. The van der Waals surface area contributed by atoms with Crippen LogP contribution in [0.2, 0.25) is 10.0 Å². The van der Waals surface area contributed by atoms with Crippen LogP contribution in [0.3, 0.4) is 0 Å². The van der Waals surface area contributed by atoms with Gasteiger partial charge in [-0.1, -0.05) is 40.5 Å². The molecule has 0 aliphatic carbocycles. The highest BCUT2D eigenvalue weighted by molar-refractivity contribution is 6.36. The van der Waals surface area contributed by atoms with Crippen molar-refractivity contribution in [2.75, 3.05) is 23.7 Å². The van der Waals surface area contributed by atoms with Gasteiger partial charge in [0.2, 0.25) is 0 Å². The van der Waals surface area contributed by atoms with E-state index in [-0.39, 0.29) is 28.5 Å². The summed E-state index contributed by atoms with van der Waals surface area (Å²) in [6, 6.07) is 15.3. The summed E-state index contributed by atoms with van der Waals surface area (Å²) >= 11 is 12.8. The van der Waals surface area contributed by atoms with Crippen molar-refractivity contribution >= 4 is 57.3 Å². The van der Waals surface area contributed by atoms with Crippen molar-refractivity contribution in [1.82, 2.24) is 24.9 Å². The highest BCUT2D eigenvalue weighted by Gasteiger charge is 2.29. The van der Waals surface area contributed by atoms with Crippen LogP contribution in [-0.4, -0.2) is 49.7 Å². The van der Waals surface area contributed by atoms with Gasteiger partial charge in [-0.3, -0.25) is 4.98 Å². The number of hydrogen-bond acceptors (Lipinski definition) is 8. The lowest BCUT2D eigenvalue weighted by molar-refractivity contribution is 0.0184. The Morgan fingerprint density at radius 3 is 2.43 bits per heavy atom. The van der Waals surface area contributed by atoms with Gasteiger partial charge in [-0.05, 0) is 81.6 Å². The number of amides is 1. The summed E-state index contributed by atoms with van der Waals surface area (Å²) in [5.74, 6) is -0.958. The van der Waals surface area contributed by atoms with Crippen molar-refractivity contribution in [2.24, 2.45) is 0 Å². The summed E-state index contributed by atoms with van der Waals surface area (Å²) in [6.07, 6.45) is 4.25. The molecule has 3 aromatic carbocycles. The standard InChI is InChI=1S/C35H32Cl2F2N8O2/c1-35(2,3)49-34(48)46-12-10-25(11-13-46)47-19-30(44-45-47)32(20-4-6-22(38)7-5-20)43-24-14-26-31(42-23-8-9-29(39)27(36)15-23)21(17-40)18-41-33(26)28(37)16-24/h4-9,14-16,18-19,25,32,43H,10-13H2,1-3H3,(H,41,42)/t32-/m0/s1. The number of carbonyl (C=O) groups excluding carboxylic acids is 1. The largest absolute Gasteiger partial charge is 0.444 e. The molecule has 0 saturated carbocycles. The molecule has 2 aromatic heterocycles. The van der Waals surface area contributed by atoms with E-state index < -0.39 is 17.5 Å². The molecule has 2 N–H and O–H groups in total. The summed E-state index contributed by atoms with van der Waals surface area (Å²) in [5.41, 5.74) is 2.80. The third-order valence-corrected chi connectivity index (χ3v) is 8.64.